The summed E-state index contributed by atoms with van der Waals surface area (Å²) in [5.41, 5.74) is 6.28. The molecule has 1 atom stereocenters. The minimum absolute atomic E-state index is 0. The van der Waals surface area contributed by atoms with Gasteiger partial charge < -0.3 is 10.5 Å². The summed E-state index contributed by atoms with van der Waals surface area (Å²) in [4.78, 5) is 11.6. The van der Waals surface area contributed by atoms with Crippen molar-refractivity contribution in [2.24, 2.45) is 5.73 Å². The fourth-order valence-corrected chi connectivity index (χ4v) is 1.21. The first kappa shape index (κ1) is 15.9. The molecule has 1 aromatic carbocycles. The zero-order valence-corrected chi connectivity index (χ0v) is 11.1. The molecule has 0 aromatic heterocycles. The molecule has 0 spiro atoms. The average Bonchev–Trinajstić information content (AvgIpc) is 2.30. The van der Waals surface area contributed by atoms with E-state index in [4.69, 9.17) is 10.5 Å². The lowest BCUT2D eigenvalue weighted by atomic mass is 9.97. The molecule has 0 aliphatic carbocycles. The van der Waals surface area contributed by atoms with Crippen LogP contribution < -0.4 is 5.73 Å². The largest absolute Gasteiger partial charge is 0.462 e. The Labute approximate surface area is 109 Å². The van der Waals surface area contributed by atoms with Crippen molar-refractivity contribution < 1.29 is 9.53 Å². The van der Waals surface area contributed by atoms with Gasteiger partial charge in [-0.05, 0) is 31.9 Å². The van der Waals surface area contributed by atoms with Gasteiger partial charge in [-0.15, -0.1) is 12.4 Å². The van der Waals surface area contributed by atoms with Gasteiger partial charge in [-0.1, -0.05) is 25.1 Å². The van der Waals surface area contributed by atoms with E-state index in [1.165, 1.54) is 0 Å². The van der Waals surface area contributed by atoms with Gasteiger partial charge in [0.15, 0.2) is 0 Å². The van der Waals surface area contributed by atoms with Gasteiger partial charge in [0.2, 0.25) is 0 Å². The monoisotopic (exact) mass is 257 g/mol. The summed E-state index contributed by atoms with van der Waals surface area (Å²) in [7, 11) is 0. The predicted octanol–water partition coefficient (Wildman–Crippen LogP) is 2.78. The van der Waals surface area contributed by atoms with E-state index in [9.17, 15) is 4.79 Å². The van der Waals surface area contributed by atoms with Crippen molar-refractivity contribution in [2.45, 2.75) is 32.2 Å². The molecular weight excluding hydrogens is 238 g/mol. The molecule has 0 heterocycles. The molecule has 0 aliphatic rings. The van der Waals surface area contributed by atoms with E-state index >= 15 is 0 Å². The Morgan fingerprint density at radius 3 is 2.47 bits per heavy atom. The third-order valence-corrected chi connectivity index (χ3v) is 2.72. The number of hydrogen-bond donors (Lipinski definition) is 1. The highest BCUT2D eigenvalue weighted by molar-refractivity contribution is 5.89. The molecule has 17 heavy (non-hydrogen) atoms. The van der Waals surface area contributed by atoms with Crippen LogP contribution in [0.15, 0.2) is 30.3 Å². The molecule has 2 N–H and O–H groups in total. The second-order valence-corrected chi connectivity index (χ2v) is 4.26. The molecule has 0 amide bonds. The maximum atomic E-state index is 11.6. The first-order valence-electron chi connectivity index (χ1n) is 5.56. The summed E-state index contributed by atoms with van der Waals surface area (Å²) in [6, 6.07) is 8.98. The van der Waals surface area contributed by atoms with Crippen molar-refractivity contribution >= 4 is 18.4 Å². The van der Waals surface area contributed by atoms with Gasteiger partial charge in [-0.2, -0.15) is 0 Å². The molecule has 1 unspecified atom stereocenters. The van der Waals surface area contributed by atoms with Crippen molar-refractivity contribution in [3.05, 3.63) is 35.9 Å². The van der Waals surface area contributed by atoms with Crippen LogP contribution in [0.4, 0.5) is 0 Å². The summed E-state index contributed by atoms with van der Waals surface area (Å²) in [6.45, 7) is 4.36. The van der Waals surface area contributed by atoms with Crippen molar-refractivity contribution in [1.29, 1.82) is 0 Å². The van der Waals surface area contributed by atoms with E-state index < -0.39 is 0 Å². The molecule has 0 radical (unpaired) electrons. The molecule has 3 nitrogen and oxygen atoms in total. The van der Waals surface area contributed by atoms with Gasteiger partial charge in [0.25, 0.3) is 0 Å². The predicted molar refractivity (Wildman–Crippen MR) is 71.5 cm³/mol. The van der Waals surface area contributed by atoms with E-state index in [1.54, 1.807) is 12.1 Å². The fourth-order valence-electron chi connectivity index (χ4n) is 1.21. The van der Waals surface area contributed by atoms with Gasteiger partial charge in [0.05, 0.1) is 12.2 Å². The van der Waals surface area contributed by atoms with Crippen molar-refractivity contribution in [2.75, 3.05) is 6.61 Å². The summed E-state index contributed by atoms with van der Waals surface area (Å²) in [5, 5.41) is 0. The van der Waals surface area contributed by atoms with Crippen LogP contribution in [-0.2, 0) is 4.74 Å². The molecule has 0 saturated heterocycles. The highest BCUT2D eigenvalue weighted by atomic mass is 35.5. The lowest BCUT2D eigenvalue weighted by Crippen LogP contribution is -2.36. The minimum Gasteiger partial charge on any atom is -0.462 e. The van der Waals surface area contributed by atoms with Crippen LogP contribution in [0.25, 0.3) is 0 Å². The van der Waals surface area contributed by atoms with Crippen molar-refractivity contribution in [3.8, 4) is 0 Å². The number of carbonyl (C=O) groups is 1. The molecule has 1 rings (SSSR count). The van der Waals surface area contributed by atoms with Crippen molar-refractivity contribution in [3.63, 3.8) is 0 Å². The highest BCUT2D eigenvalue weighted by Gasteiger charge is 2.16. The SMILES string of the molecule is CCC(C)(N)CCOC(=O)c1ccccc1.Cl. The zero-order valence-electron chi connectivity index (χ0n) is 10.3. The average molecular weight is 258 g/mol. The van der Waals surface area contributed by atoms with E-state index in [0.717, 1.165) is 6.42 Å². The minimum atomic E-state index is -0.285. The second kappa shape index (κ2) is 7.30. The number of benzene rings is 1. The highest BCUT2D eigenvalue weighted by Crippen LogP contribution is 2.10. The lowest BCUT2D eigenvalue weighted by Gasteiger charge is -2.21. The van der Waals surface area contributed by atoms with Crippen LogP contribution in [0.5, 0.6) is 0 Å². The third-order valence-electron chi connectivity index (χ3n) is 2.72. The summed E-state index contributed by atoms with van der Waals surface area (Å²) in [6.07, 6.45) is 1.55. The first-order valence-corrected chi connectivity index (χ1v) is 5.56. The summed E-state index contributed by atoms with van der Waals surface area (Å²) in [5.74, 6) is -0.285. The van der Waals surface area contributed by atoms with Gasteiger partial charge in [0.1, 0.15) is 0 Å². The molecule has 0 bridgehead atoms. The number of carbonyl (C=O) groups excluding carboxylic acids is 1. The molecule has 0 aliphatic heterocycles. The van der Waals surface area contributed by atoms with Crippen LogP contribution in [0, 0.1) is 0 Å². The van der Waals surface area contributed by atoms with Crippen LogP contribution in [-0.4, -0.2) is 18.1 Å². The molecule has 4 heteroatoms. The normalized spacial score (nSPS) is 13.4. The smallest absolute Gasteiger partial charge is 0.338 e. The summed E-state index contributed by atoms with van der Waals surface area (Å²) >= 11 is 0. The number of rotatable bonds is 5. The van der Waals surface area contributed by atoms with E-state index in [1.807, 2.05) is 32.0 Å². The van der Waals surface area contributed by atoms with Crippen LogP contribution in [0.3, 0.4) is 0 Å². The van der Waals surface area contributed by atoms with E-state index in [2.05, 4.69) is 0 Å². The quantitative estimate of drug-likeness (QED) is 0.826. The van der Waals surface area contributed by atoms with Gasteiger partial charge in [0, 0.05) is 5.54 Å². The Balaban J connectivity index is 0.00000256. The topological polar surface area (TPSA) is 52.3 Å². The van der Waals surface area contributed by atoms with Crippen LogP contribution in [0.2, 0.25) is 0 Å². The van der Waals surface area contributed by atoms with E-state index in [0.29, 0.717) is 18.6 Å². The van der Waals surface area contributed by atoms with Crippen LogP contribution in [0.1, 0.15) is 37.0 Å². The molecule has 1 aromatic rings. The number of halogens is 1. The Hall–Kier alpha value is -1.06. The van der Waals surface area contributed by atoms with Gasteiger partial charge in [-0.3, -0.25) is 0 Å². The van der Waals surface area contributed by atoms with Crippen molar-refractivity contribution in [1.82, 2.24) is 0 Å². The summed E-state index contributed by atoms with van der Waals surface area (Å²) < 4.78 is 5.15. The number of ether oxygens (including phenoxy) is 1. The fraction of sp³-hybridized carbons (Fsp3) is 0.462. The van der Waals surface area contributed by atoms with Gasteiger partial charge in [-0.25, -0.2) is 4.79 Å². The number of hydrogen-bond acceptors (Lipinski definition) is 3. The second-order valence-electron chi connectivity index (χ2n) is 4.26. The van der Waals surface area contributed by atoms with E-state index in [-0.39, 0.29) is 23.9 Å². The van der Waals surface area contributed by atoms with Gasteiger partial charge >= 0.3 is 5.97 Å². The Morgan fingerprint density at radius 2 is 1.94 bits per heavy atom. The molecule has 0 saturated carbocycles. The number of nitrogens with two attached hydrogens (primary N) is 1. The zero-order chi connectivity index (χ0) is 12.0. The number of esters is 1. The first-order chi connectivity index (χ1) is 7.55. The maximum absolute atomic E-state index is 11.6. The van der Waals surface area contributed by atoms with Crippen LogP contribution >= 0.6 is 12.4 Å². The third kappa shape index (κ3) is 5.71. The molecule has 0 fully saturated rings. The molecular formula is C13H20ClNO2. The Morgan fingerprint density at radius 1 is 1.35 bits per heavy atom. The standard InChI is InChI=1S/C13H19NO2.ClH/c1-3-13(2,14)9-10-16-12(15)11-7-5-4-6-8-11;/h4-8H,3,9-10,14H2,1-2H3;1H. The molecule has 96 valence electrons. The lowest BCUT2D eigenvalue weighted by molar-refractivity contribution is 0.0477. The Kier molecular flexibility index (Phi) is 6.85. The Bertz CT molecular complexity index is 339. The maximum Gasteiger partial charge on any atom is 0.338 e.